The average Bonchev–Trinajstić information content (AvgIpc) is 2.64. The maximum absolute atomic E-state index is 13.6. The number of carbonyl (C=O) groups excluding carboxylic acids is 2. The van der Waals surface area contributed by atoms with E-state index in [1.54, 1.807) is 30.2 Å². The SMILES string of the molecule is COc1ccccc1CN(CCC(=O)NCc1ccccc1F)C(C)=O. The Morgan fingerprint density at radius 2 is 1.73 bits per heavy atom. The van der Waals surface area contributed by atoms with Crippen molar-refractivity contribution in [3.8, 4) is 5.75 Å². The van der Waals surface area contributed by atoms with Gasteiger partial charge in [-0.3, -0.25) is 9.59 Å². The monoisotopic (exact) mass is 358 g/mol. The molecule has 6 heteroatoms. The molecule has 0 saturated heterocycles. The van der Waals surface area contributed by atoms with Crippen molar-refractivity contribution in [2.24, 2.45) is 0 Å². The second-order valence-corrected chi connectivity index (χ2v) is 5.87. The summed E-state index contributed by atoms with van der Waals surface area (Å²) in [4.78, 5) is 25.5. The highest BCUT2D eigenvalue weighted by Gasteiger charge is 2.14. The number of nitrogens with one attached hydrogen (secondary N) is 1. The summed E-state index contributed by atoms with van der Waals surface area (Å²) in [6.07, 6.45) is 0.142. The summed E-state index contributed by atoms with van der Waals surface area (Å²) < 4.78 is 18.9. The Kier molecular flexibility index (Phi) is 7.14. The number of methoxy groups -OCH3 is 1. The van der Waals surface area contributed by atoms with Gasteiger partial charge in [-0.05, 0) is 12.1 Å². The first-order chi connectivity index (χ1) is 12.5. The van der Waals surface area contributed by atoms with Crippen LogP contribution in [0.1, 0.15) is 24.5 Å². The number of ether oxygens (including phenoxy) is 1. The van der Waals surface area contributed by atoms with Crippen LogP contribution in [0.5, 0.6) is 5.75 Å². The van der Waals surface area contributed by atoms with Gasteiger partial charge >= 0.3 is 0 Å². The molecule has 2 aromatic carbocycles. The van der Waals surface area contributed by atoms with Crippen LogP contribution in [0.25, 0.3) is 0 Å². The molecule has 26 heavy (non-hydrogen) atoms. The van der Waals surface area contributed by atoms with Crippen LogP contribution >= 0.6 is 0 Å². The van der Waals surface area contributed by atoms with Crippen molar-refractivity contribution in [1.82, 2.24) is 10.2 Å². The minimum absolute atomic E-state index is 0.123. The molecule has 0 spiro atoms. The molecular formula is C20H23FN2O3. The molecule has 0 heterocycles. The Bertz CT molecular complexity index is 764. The summed E-state index contributed by atoms with van der Waals surface area (Å²) in [6.45, 7) is 2.22. The van der Waals surface area contributed by atoms with Gasteiger partial charge in [-0.25, -0.2) is 4.39 Å². The zero-order valence-electron chi connectivity index (χ0n) is 15.0. The third-order valence-corrected chi connectivity index (χ3v) is 4.04. The molecule has 0 radical (unpaired) electrons. The van der Waals surface area contributed by atoms with E-state index >= 15 is 0 Å². The highest BCUT2D eigenvalue weighted by Crippen LogP contribution is 2.19. The third kappa shape index (κ3) is 5.58. The summed E-state index contributed by atoms with van der Waals surface area (Å²) in [7, 11) is 1.58. The van der Waals surface area contributed by atoms with E-state index in [9.17, 15) is 14.0 Å². The first kappa shape index (κ1) is 19.4. The van der Waals surface area contributed by atoms with Crippen molar-refractivity contribution < 1.29 is 18.7 Å². The fraction of sp³-hybridized carbons (Fsp3) is 0.300. The second kappa shape index (κ2) is 9.56. The summed E-state index contributed by atoms with van der Waals surface area (Å²) in [6, 6.07) is 13.7. The van der Waals surface area contributed by atoms with Crippen LogP contribution in [-0.4, -0.2) is 30.4 Å². The number of benzene rings is 2. The molecule has 0 fully saturated rings. The van der Waals surface area contributed by atoms with Crippen molar-refractivity contribution in [3.05, 3.63) is 65.5 Å². The number of nitrogens with zero attached hydrogens (tertiary/aromatic N) is 1. The van der Waals surface area contributed by atoms with Gasteiger partial charge in [0.25, 0.3) is 0 Å². The van der Waals surface area contributed by atoms with Crippen molar-refractivity contribution in [3.63, 3.8) is 0 Å². The molecule has 0 aromatic heterocycles. The van der Waals surface area contributed by atoms with E-state index in [0.717, 1.165) is 5.56 Å². The molecule has 2 rings (SSSR count). The molecular weight excluding hydrogens is 335 g/mol. The Balaban J connectivity index is 1.89. The molecule has 5 nitrogen and oxygen atoms in total. The van der Waals surface area contributed by atoms with E-state index in [1.165, 1.54) is 13.0 Å². The quantitative estimate of drug-likeness (QED) is 0.789. The van der Waals surface area contributed by atoms with E-state index < -0.39 is 0 Å². The second-order valence-electron chi connectivity index (χ2n) is 5.87. The van der Waals surface area contributed by atoms with Gasteiger partial charge in [-0.2, -0.15) is 0 Å². The Morgan fingerprint density at radius 3 is 2.38 bits per heavy atom. The molecule has 0 unspecified atom stereocenters. The van der Waals surface area contributed by atoms with Gasteiger partial charge in [-0.1, -0.05) is 36.4 Å². The average molecular weight is 358 g/mol. The third-order valence-electron chi connectivity index (χ3n) is 4.04. The van der Waals surface area contributed by atoms with Crippen LogP contribution in [0.2, 0.25) is 0 Å². The van der Waals surface area contributed by atoms with Crippen LogP contribution in [-0.2, 0) is 22.7 Å². The largest absolute Gasteiger partial charge is 0.496 e. The maximum Gasteiger partial charge on any atom is 0.222 e. The summed E-state index contributed by atoms with van der Waals surface area (Å²) in [5, 5.41) is 2.68. The standard InChI is InChI=1S/C20H23FN2O3/c1-15(24)23(14-17-8-4-6-10-19(17)26-2)12-11-20(25)22-13-16-7-3-5-9-18(16)21/h3-10H,11-14H2,1-2H3,(H,22,25). The summed E-state index contributed by atoms with van der Waals surface area (Å²) in [5.41, 5.74) is 1.30. The molecule has 0 bridgehead atoms. The fourth-order valence-corrected chi connectivity index (χ4v) is 2.55. The predicted octanol–water partition coefficient (Wildman–Crippen LogP) is 2.89. The van der Waals surface area contributed by atoms with Crippen LogP contribution in [0.15, 0.2) is 48.5 Å². The van der Waals surface area contributed by atoms with Crippen LogP contribution in [0, 0.1) is 5.82 Å². The van der Waals surface area contributed by atoms with Crippen LogP contribution in [0.3, 0.4) is 0 Å². The number of para-hydroxylation sites is 1. The van der Waals surface area contributed by atoms with Gasteiger partial charge in [0, 0.05) is 44.1 Å². The van der Waals surface area contributed by atoms with Gasteiger partial charge in [0.15, 0.2) is 0 Å². The smallest absolute Gasteiger partial charge is 0.222 e. The molecule has 138 valence electrons. The number of hydrogen-bond donors (Lipinski definition) is 1. The number of carbonyl (C=O) groups is 2. The number of amides is 2. The van der Waals surface area contributed by atoms with E-state index in [2.05, 4.69) is 5.32 Å². The fourth-order valence-electron chi connectivity index (χ4n) is 2.55. The summed E-state index contributed by atoms with van der Waals surface area (Å²) in [5.74, 6) is -0.0190. The maximum atomic E-state index is 13.6. The minimum atomic E-state index is -0.352. The highest BCUT2D eigenvalue weighted by atomic mass is 19.1. The zero-order chi connectivity index (χ0) is 18.9. The lowest BCUT2D eigenvalue weighted by atomic mass is 10.1. The lowest BCUT2D eigenvalue weighted by molar-refractivity contribution is -0.130. The van der Waals surface area contributed by atoms with Gasteiger partial charge in [0.05, 0.1) is 7.11 Å². The van der Waals surface area contributed by atoms with Gasteiger partial charge in [-0.15, -0.1) is 0 Å². The van der Waals surface area contributed by atoms with E-state index in [-0.39, 0.29) is 37.1 Å². The number of rotatable bonds is 8. The number of halogens is 1. The topological polar surface area (TPSA) is 58.6 Å². The van der Waals surface area contributed by atoms with E-state index in [4.69, 9.17) is 4.74 Å². The Hall–Kier alpha value is -2.89. The lowest BCUT2D eigenvalue weighted by Crippen LogP contribution is -2.33. The van der Waals surface area contributed by atoms with Gasteiger partial charge in [0.1, 0.15) is 11.6 Å². The summed E-state index contributed by atoms with van der Waals surface area (Å²) >= 11 is 0. The highest BCUT2D eigenvalue weighted by molar-refractivity contribution is 5.78. The Labute approximate surface area is 152 Å². The number of hydrogen-bond acceptors (Lipinski definition) is 3. The molecule has 0 saturated carbocycles. The molecule has 1 N–H and O–H groups in total. The molecule has 0 aliphatic heterocycles. The van der Waals surface area contributed by atoms with E-state index in [0.29, 0.717) is 17.9 Å². The predicted molar refractivity (Wildman–Crippen MR) is 96.9 cm³/mol. The normalized spacial score (nSPS) is 10.3. The first-order valence-corrected chi connectivity index (χ1v) is 8.38. The van der Waals surface area contributed by atoms with E-state index in [1.807, 2.05) is 24.3 Å². The minimum Gasteiger partial charge on any atom is -0.496 e. The van der Waals surface area contributed by atoms with Crippen molar-refractivity contribution >= 4 is 11.8 Å². The van der Waals surface area contributed by atoms with Crippen LogP contribution in [0.4, 0.5) is 4.39 Å². The first-order valence-electron chi connectivity index (χ1n) is 8.38. The van der Waals surface area contributed by atoms with Gasteiger partial charge in [0.2, 0.25) is 11.8 Å². The van der Waals surface area contributed by atoms with Crippen LogP contribution < -0.4 is 10.1 Å². The van der Waals surface area contributed by atoms with Crippen molar-refractivity contribution in [2.75, 3.05) is 13.7 Å². The Morgan fingerprint density at radius 1 is 1.08 bits per heavy atom. The molecule has 2 amide bonds. The molecule has 0 aliphatic rings. The van der Waals surface area contributed by atoms with Crippen molar-refractivity contribution in [1.29, 1.82) is 0 Å². The molecule has 0 aliphatic carbocycles. The lowest BCUT2D eigenvalue weighted by Gasteiger charge is -2.22. The zero-order valence-corrected chi connectivity index (χ0v) is 15.0. The molecule has 2 aromatic rings. The molecule has 0 atom stereocenters. The van der Waals surface area contributed by atoms with Crippen molar-refractivity contribution in [2.45, 2.75) is 26.4 Å². The van der Waals surface area contributed by atoms with Gasteiger partial charge < -0.3 is 15.0 Å².